The maximum absolute atomic E-state index is 11.3. The molecule has 0 saturated carbocycles. The summed E-state index contributed by atoms with van der Waals surface area (Å²) in [7, 11) is 1.30. The van der Waals surface area contributed by atoms with Crippen LogP contribution < -0.4 is 0 Å². The third-order valence-electron chi connectivity index (χ3n) is 3.22. The van der Waals surface area contributed by atoms with Gasteiger partial charge in [0.1, 0.15) is 0 Å². The van der Waals surface area contributed by atoms with Crippen molar-refractivity contribution >= 4 is 25.8 Å². The molecule has 1 aromatic rings. The van der Waals surface area contributed by atoms with Crippen molar-refractivity contribution in [2.45, 2.75) is 31.7 Å². The lowest BCUT2D eigenvalue weighted by Gasteiger charge is -2.38. The summed E-state index contributed by atoms with van der Waals surface area (Å²) in [5.41, 5.74) is 1.13. The van der Waals surface area contributed by atoms with Crippen LogP contribution in [0.5, 0.6) is 0 Å². The van der Waals surface area contributed by atoms with Gasteiger partial charge in [-0.25, -0.2) is 4.31 Å². The van der Waals surface area contributed by atoms with E-state index in [0.717, 1.165) is 9.87 Å². The van der Waals surface area contributed by atoms with Crippen LogP contribution in [0.3, 0.4) is 0 Å². The highest BCUT2D eigenvalue weighted by Gasteiger charge is 2.43. The fourth-order valence-corrected chi connectivity index (χ4v) is 3.67. The Labute approximate surface area is 111 Å². The molecule has 1 aliphatic rings. The maximum atomic E-state index is 11.3. The minimum absolute atomic E-state index is 0.185. The Morgan fingerprint density at radius 2 is 2.00 bits per heavy atom. The van der Waals surface area contributed by atoms with Crippen LogP contribution in [0.2, 0.25) is 0 Å². The Bertz CT molecular complexity index is 544. The van der Waals surface area contributed by atoms with Crippen LogP contribution in [0.1, 0.15) is 31.2 Å². The third kappa shape index (κ3) is 2.67. The first-order chi connectivity index (χ1) is 8.39. The normalized spacial score (nSPS) is 21.6. The number of benzene rings is 1. The summed E-state index contributed by atoms with van der Waals surface area (Å²) in [6, 6.07) is 9.48. The molecule has 1 aliphatic heterocycles. The summed E-state index contributed by atoms with van der Waals surface area (Å²) in [6.45, 7) is 2.01. The van der Waals surface area contributed by atoms with Gasteiger partial charge >= 0.3 is 9.24 Å². The van der Waals surface area contributed by atoms with E-state index in [9.17, 15) is 13.2 Å². The van der Waals surface area contributed by atoms with Crippen LogP contribution in [-0.4, -0.2) is 24.7 Å². The number of β-lactam (4-membered cyclic amide) rings is 1. The molecule has 18 heavy (non-hydrogen) atoms. The molecular formula is C12H14ClNO3S. The van der Waals surface area contributed by atoms with Crippen molar-refractivity contribution in [1.82, 2.24) is 4.31 Å². The summed E-state index contributed by atoms with van der Waals surface area (Å²) < 4.78 is 23.2. The Balaban J connectivity index is 2.05. The molecule has 2 unspecified atom stereocenters. The second-order valence-electron chi connectivity index (χ2n) is 4.54. The Kier molecular flexibility index (Phi) is 3.64. The van der Waals surface area contributed by atoms with E-state index in [1.165, 1.54) is 0 Å². The highest BCUT2D eigenvalue weighted by molar-refractivity contribution is 8.12. The van der Waals surface area contributed by atoms with E-state index in [0.29, 0.717) is 6.42 Å². The zero-order valence-corrected chi connectivity index (χ0v) is 11.5. The summed E-state index contributed by atoms with van der Waals surface area (Å²) in [4.78, 5) is 11.3. The summed E-state index contributed by atoms with van der Waals surface area (Å²) in [5.74, 6) is -0.236. The maximum Gasteiger partial charge on any atom is 0.324 e. The number of hydrogen-bond acceptors (Lipinski definition) is 3. The highest BCUT2D eigenvalue weighted by Crippen LogP contribution is 2.33. The van der Waals surface area contributed by atoms with Gasteiger partial charge in [-0.05, 0) is 17.9 Å². The van der Waals surface area contributed by atoms with E-state index in [2.05, 4.69) is 0 Å². The molecule has 1 fully saturated rings. The number of amides is 1. The number of rotatable bonds is 4. The monoisotopic (exact) mass is 287 g/mol. The van der Waals surface area contributed by atoms with E-state index in [4.69, 9.17) is 10.7 Å². The Morgan fingerprint density at radius 3 is 2.50 bits per heavy atom. The number of nitrogens with zero attached hydrogens (tertiary/aromatic N) is 1. The first kappa shape index (κ1) is 13.4. The van der Waals surface area contributed by atoms with Gasteiger partial charge in [0, 0.05) is 17.1 Å². The number of hydrogen-bond donors (Lipinski definition) is 0. The van der Waals surface area contributed by atoms with Crippen molar-refractivity contribution in [3.05, 3.63) is 35.9 Å². The van der Waals surface area contributed by atoms with E-state index in [1.807, 2.05) is 37.3 Å². The van der Waals surface area contributed by atoms with Gasteiger partial charge in [0.25, 0.3) is 0 Å². The van der Waals surface area contributed by atoms with E-state index in [1.54, 1.807) is 0 Å². The molecule has 1 amide bonds. The molecule has 2 rings (SSSR count). The topological polar surface area (TPSA) is 54.5 Å². The average Bonchev–Trinajstić information content (AvgIpc) is 2.26. The minimum atomic E-state index is -3.94. The highest BCUT2D eigenvalue weighted by atomic mass is 35.7. The second kappa shape index (κ2) is 4.90. The molecule has 1 saturated heterocycles. The zero-order chi connectivity index (χ0) is 13.3. The number of halogens is 1. The predicted molar refractivity (Wildman–Crippen MR) is 69.5 cm³/mol. The molecule has 4 nitrogen and oxygen atoms in total. The first-order valence-corrected chi connectivity index (χ1v) is 7.98. The van der Waals surface area contributed by atoms with Crippen LogP contribution in [0, 0.1) is 0 Å². The molecule has 1 aromatic carbocycles. The molecule has 2 atom stereocenters. The van der Waals surface area contributed by atoms with E-state index < -0.39 is 15.1 Å². The molecule has 0 aromatic heterocycles. The zero-order valence-electron chi connectivity index (χ0n) is 9.91. The molecule has 0 radical (unpaired) electrons. The standard InChI is InChI=1S/C12H14ClNO3S/c1-9(10-5-3-2-4-6-10)7-11-8-12(15)14(11)18(13,16)17/h2-6,9,11H,7-8H2,1H3. The van der Waals surface area contributed by atoms with Gasteiger partial charge in [-0.15, -0.1) is 0 Å². The van der Waals surface area contributed by atoms with Gasteiger partial charge in [0.05, 0.1) is 6.04 Å². The third-order valence-corrected chi connectivity index (χ3v) is 4.63. The van der Waals surface area contributed by atoms with Gasteiger partial charge < -0.3 is 0 Å². The summed E-state index contributed by atoms with van der Waals surface area (Å²) >= 11 is 0. The SMILES string of the molecule is CC(CC1CC(=O)N1S(=O)(=O)Cl)c1ccccc1. The molecule has 1 heterocycles. The van der Waals surface area contributed by atoms with Crippen LogP contribution in [0.15, 0.2) is 30.3 Å². The number of carbonyl (C=O) groups excluding carboxylic acids is 1. The van der Waals surface area contributed by atoms with Crippen molar-refractivity contribution in [2.24, 2.45) is 0 Å². The van der Waals surface area contributed by atoms with Gasteiger partial charge in [0.15, 0.2) is 0 Å². The van der Waals surface area contributed by atoms with Crippen molar-refractivity contribution in [3.8, 4) is 0 Å². The smallest absolute Gasteiger partial charge is 0.274 e. The molecule has 0 N–H and O–H groups in total. The van der Waals surface area contributed by atoms with Crippen molar-refractivity contribution in [1.29, 1.82) is 0 Å². The average molecular weight is 288 g/mol. The quantitative estimate of drug-likeness (QED) is 0.630. The lowest BCUT2D eigenvalue weighted by Crippen LogP contribution is -2.54. The van der Waals surface area contributed by atoms with Crippen LogP contribution in [0.25, 0.3) is 0 Å². The lowest BCUT2D eigenvalue weighted by molar-refractivity contribution is -0.137. The molecule has 0 aliphatic carbocycles. The molecular weight excluding hydrogens is 274 g/mol. The van der Waals surface area contributed by atoms with Crippen LogP contribution in [0.4, 0.5) is 0 Å². The van der Waals surface area contributed by atoms with E-state index >= 15 is 0 Å². The lowest BCUT2D eigenvalue weighted by atomic mass is 9.89. The summed E-state index contributed by atoms with van der Waals surface area (Å²) in [5, 5.41) is 0. The second-order valence-corrected chi connectivity index (χ2v) is 6.92. The van der Waals surface area contributed by atoms with Crippen molar-refractivity contribution in [2.75, 3.05) is 0 Å². The first-order valence-electron chi connectivity index (χ1n) is 5.71. The van der Waals surface area contributed by atoms with Crippen molar-refractivity contribution < 1.29 is 13.2 Å². The largest absolute Gasteiger partial charge is 0.324 e. The predicted octanol–water partition coefficient (Wildman–Crippen LogP) is 2.26. The van der Waals surface area contributed by atoms with Crippen molar-refractivity contribution in [3.63, 3.8) is 0 Å². The fourth-order valence-electron chi connectivity index (χ4n) is 2.27. The van der Waals surface area contributed by atoms with Crippen LogP contribution in [-0.2, 0) is 14.0 Å². The summed E-state index contributed by atoms with van der Waals surface area (Å²) in [6.07, 6.45) is 0.852. The van der Waals surface area contributed by atoms with Gasteiger partial charge in [-0.2, -0.15) is 8.42 Å². The fraction of sp³-hybridized carbons (Fsp3) is 0.417. The molecule has 98 valence electrons. The minimum Gasteiger partial charge on any atom is -0.274 e. The van der Waals surface area contributed by atoms with Gasteiger partial charge in [0.2, 0.25) is 5.91 Å². The molecule has 6 heteroatoms. The van der Waals surface area contributed by atoms with E-state index in [-0.39, 0.29) is 18.4 Å². The number of carbonyl (C=O) groups is 1. The van der Waals surface area contributed by atoms with Gasteiger partial charge in [-0.1, -0.05) is 37.3 Å². The van der Waals surface area contributed by atoms with Gasteiger partial charge in [-0.3, -0.25) is 4.79 Å². The molecule has 0 bridgehead atoms. The Hall–Kier alpha value is -1.07. The molecule has 0 spiro atoms. The van der Waals surface area contributed by atoms with Crippen LogP contribution >= 0.6 is 10.7 Å². The Morgan fingerprint density at radius 1 is 1.39 bits per heavy atom.